The molecule has 0 aliphatic heterocycles. The molecular formula is C15H20N2OS. The zero-order chi connectivity index (χ0) is 13.7. The largest absolute Gasteiger partial charge is 0.395 e. The molecule has 1 aromatic heterocycles. The highest BCUT2D eigenvalue weighted by atomic mass is 32.1. The Morgan fingerprint density at radius 2 is 2.00 bits per heavy atom. The first-order valence-electron chi connectivity index (χ1n) is 6.59. The van der Waals surface area contributed by atoms with Crippen LogP contribution in [0, 0.1) is 6.92 Å². The van der Waals surface area contributed by atoms with Crippen LogP contribution in [0.3, 0.4) is 0 Å². The molecule has 1 aromatic carbocycles. The van der Waals surface area contributed by atoms with Crippen LogP contribution in [0.5, 0.6) is 0 Å². The molecule has 3 nitrogen and oxygen atoms in total. The number of thiazole rings is 1. The molecule has 1 N–H and O–H groups in total. The summed E-state index contributed by atoms with van der Waals surface area (Å²) < 4.78 is 0. The highest BCUT2D eigenvalue weighted by molar-refractivity contribution is 7.15. The molecule has 4 heteroatoms. The Labute approximate surface area is 118 Å². The Balaban J connectivity index is 2.17. The smallest absolute Gasteiger partial charge is 0.123 e. The summed E-state index contributed by atoms with van der Waals surface area (Å²) in [6.45, 7) is 6.91. The molecule has 102 valence electrons. The lowest BCUT2D eigenvalue weighted by molar-refractivity contribution is 0.197. The van der Waals surface area contributed by atoms with Crippen LogP contribution in [0.2, 0.25) is 0 Å². The van der Waals surface area contributed by atoms with Crippen LogP contribution in [0.4, 0.5) is 0 Å². The summed E-state index contributed by atoms with van der Waals surface area (Å²) >= 11 is 1.75. The highest BCUT2D eigenvalue weighted by Crippen LogP contribution is 2.28. The van der Waals surface area contributed by atoms with Gasteiger partial charge in [0.15, 0.2) is 0 Å². The average molecular weight is 276 g/mol. The number of rotatable bonds is 6. The molecule has 0 saturated heterocycles. The van der Waals surface area contributed by atoms with E-state index in [4.69, 9.17) is 5.11 Å². The van der Waals surface area contributed by atoms with E-state index in [-0.39, 0.29) is 6.61 Å². The molecule has 2 aromatic rings. The van der Waals surface area contributed by atoms with Gasteiger partial charge in [0.25, 0.3) is 0 Å². The van der Waals surface area contributed by atoms with Gasteiger partial charge in [0, 0.05) is 23.5 Å². The monoisotopic (exact) mass is 276 g/mol. The van der Waals surface area contributed by atoms with E-state index in [2.05, 4.69) is 35.9 Å². The number of likely N-dealkylation sites (N-methyl/N-ethyl adjacent to an activating group) is 1. The summed E-state index contributed by atoms with van der Waals surface area (Å²) in [5.74, 6) is 0. The third kappa shape index (κ3) is 3.62. The first kappa shape index (κ1) is 14.2. The molecule has 0 unspecified atom stereocenters. The molecule has 0 radical (unpaired) electrons. The molecule has 0 saturated carbocycles. The van der Waals surface area contributed by atoms with E-state index < -0.39 is 0 Å². The molecule has 0 atom stereocenters. The van der Waals surface area contributed by atoms with Gasteiger partial charge in [-0.3, -0.25) is 4.90 Å². The van der Waals surface area contributed by atoms with Crippen molar-refractivity contribution in [3.8, 4) is 10.6 Å². The van der Waals surface area contributed by atoms with Crippen molar-refractivity contribution in [3.05, 3.63) is 40.9 Å². The predicted molar refractivity (Wildman–Crippen MR) is 80.3 cm³/mol. The minimum Gasteiger partial charge on any atom is -0.395 e. The van der Waals surface area contributed by atoms with Gasteiger partial charge in [-0.15, -0.1) is 11.3 Å². The van der Waals surface area contributed by atoms with E-state index >= 15 is 0 Å². The van der Waals surface area contributed by atoms with Crippen molar-refractivity contribution in [1.82, 2.24) is 9.88 Å². The fourth-order valence-corrected chi connectivity index (χ4v) is 3.08. The Bertz CT molecular complexity index is 510. The van der Waals surface area contributed by atoms with Crippen LogP contribution < -0.4 is 0 Å². The number of aliphatic hydroxyl groups excluding tert-OH is 1. The predicted octanol–water partition coefficient (Wildman–Crippen LogP) is 2.93. The molecule has 0 fully saturated rings. The molecular weight excluding hydrogens is 256 g/mol. The first-order valence-corrected chi connectivity index (χ1v) is 7.41. The molecule has 2 rings (SSSR count). The van der Waals surface area contributed by atoms with Gasteiger partial charge in [-0.2, -0.15) is 0 Å². The van der Waals surface area contributed by atoms with Crippen LogP contribution in [0.25, 0.3) is 10.6 Å². The van der Waals surface area contributed by atoms with Crippen LogP contribution in [-0.4, -0.2) is 34.7 Å². The lowest BCUT2D eigenvalue weighted by atomic mass is 10.2. The quantitative estimate of drug-likeness (QED) is 0.881. The third-order valence-electron chi connectivity index (χ3n) is 3.14. The van der Waals surface area contributed by atoms with Gasteiger partial charge < -0.3 is 5.11 Å². The maximum absolute atomic E-state index is 9.04. The second kappa shape index (κ2) is 6.80. The fraction of sp³-hybridized carbons (Fsp3) is 0.400. The minimum atomic E-state index is 0.206. The number of benzene rings is 1. The molecule has 0 aliphatic rings. The lowest BCUT2D eigenvalue weighted by Crippen LogP contribution is -2.25. The highest BCUT2D eigenvalue weighted by Gasteiger charge is 2.12. The Morgan fingerprint density at radius 3 is 2.63 bits per heavy atom. The van der Waals surface area contributed by atoms with E-state index in [0.29, 0.717) is 6.54 Å². The van der Waals surface area contributed by atoms with Crippen LogP contribution >= 0.6 is 11.3 Å². The molecule has 1 heterocycles. The second-order valence-corrected chi connectivity index (χ2v) is 5.57. The van der Waals surface area contributed by atoms with Crippen molar-refractivity contribution in [3.63, 3.8) is 0 Å². The zero-order valence-electron chi connectivity index (χ0n) is 11.5. The van der Waals surface area contributed by atoms with Crippen LogP contribution in [0.15, 0.2) is 30.3 Å². The Hall–Kier alpha value is -1.23. The number of aliphatic hydroxyl groups is 1. The summed E-state index contributed by atoms with van der Waals surface area (Å²) in [4.78, 5) is 8.18. The van der Waals surface area contributed by atoms with Crippen molar-refractivity contribution in [2.75, 3.05) is 19.7 Å². The van der Waals surface area contributed by atoms with Gasteiger partial charge in [0.05, 0.1) is 12.3 Å². The summed E-state index contributed by atoms with van der Waals surface area (Å²) in [7, 11) is 0. The maximum atomic E-state index is 9.04. The van der Waals surface area contributed by atoms with Gasteiger partial charge in [0.2, 0.25) is 0 Å². The second-order valence-electron chi connectivity index (χ2n) is 4.49. The number of nitrogens with zero attached hydrogens (tertiary/aromatic N) is 2. The Morgan fingerprint density at radius 1 is 1.26 bits per heavy atom. The summed E-state index contributed by atoms with van der Waals surface area (Å²) in [5.41, 5.74) is 2.27. The fourth-order valence-electron chi connectivity index (χ4n) is 1.97. The van der Waals surface area contributed by atoms with Gasteiger partial charge in [-0.25, -0.2) is 4.98 Å². The topological polar surface area (TPSA) is 36.4 Å². The standard InChI is InChI=1S/C15H20N2OS/c1-3-17(9-10-18)11-14-12(2)16-15(19-14)13-7-5-4-6-8-13/h4-8,18H,3,9-11H2,1-2H3. The van der Waals surface area contributed by atoms with E-state index in [9.17, 15) is 0 Å². The number of hydrogen-bond acceptors (Lipinski definition) is 4. The van der Waals surface area contributed by atoms with Gasteiger partial charge in [-0.1, -0.05) is 37.3 Å². The minimum absolute atomic E-state index is 0.206. The third-order valence-corrected chi connectivity index (χ3v) is 4.34. The number of aromatic nitrogens is 1. The average Bonchev–Trinajstić information content (AvgIpc) is 2.80. The zero-order valence-corrected chi connectivity index (χ0v) is 12.3. The van der Waals surface area contributed by atoms with Crippen LogP contribution in [-0.2, 0) is 6.54 Å². The van der Waals surface area contributed by atoms with E-state index in [1.54, 1.807) is 11.3 Å². The van der Waals surface area contributed by atoms with Gasteiger partial charge >= 0.3 is 0 Å². The van der Waals surface area contributed by atoms with Crippen molar-refractivity contribution in [2.24, 2.45) is 0 Å². The number of aryl methyl sites for hydroxylation is 1. The van der Waals surface area contributed by atoms with Crippen molar-refractivity contribution in [2.45, 2.75) is 20.4 Å². The molecule has 19 heavy (non-hydrogen) atoms. The molecule has 0 spiro atoms. The van der Waals surface area contributed by atoms with E-state index in [1.165, 1.54) is 10.4 Å². The molecule has 0 bridgehead atoms. The normalized spacial score (nSPS) is 11.2. The van der Waals surface area contributed by atoms with Crippen molar-refractivity contribution < 1.29 is 5.11 Å². The van der Waals surface area contributed by atoms with Crippen molar-refractivity contribution >= 4 is 11.3 Å². The SMILES string of the molecule is CCN(CCO)Cc1sc(-c2ccccc2)nc1C. The van der Waals surface area contributed by atoms with E-state index in [1.807, 2.05) is 18.2 Å². The maximum Gasteiger partial charge on any atom is 0.123 e. The van der Waals surface area contributed by atoms with Gasteiger partial charge in [0.1, 0.15) is 5.01 Å². The summed E-state index contributed by atoms with van der Waals surface area (Å²) in [6, 6.07) is 10.3. The Kier molecular flexibility index (Phi) is 5.07. The van der Waals surface area contributed by atoms with Crippen molar-refractivity contribution in [1.29, 1.82) is 0 Å². The summed E-state index contributed by atoms with van der Waals surface area (Å²) in [6.07, 6.45) is 0. The summed E-state index contributed by atoms with van der Waals surface area (Å²) in [5, 5.41) is 10.1. The number of hydrogen-bond donors (Lipinski definition) is 1. The van der Waals surface area contributed by atoms with Crippen LogP contribution in [0.1, 0.15) is 17.5 Å². The first-order chi connectivity index (χ1) is 9.24. The lowest BCUT2D eigenvalue weighted by Gasteiger charge is -2.18. The molecule has 0 aliphatic carbocycles. The molecule has 0 amide bonds. The van der Waals surface area contributed by atoms with Gasteiger partial charge in [-0.05, 0) is 13.5 Å². The van der Waals surface area contributed by atoms with E-state index in [0.717, 1.165) is 23.8 Å².